The van der Waals surface area contributed by atoms with Crippen molar-refractivity contribution in [3.8, 4) is 11.5 Å². The number of nitrogens with zero attached hydrogens (tertiary/aromatic N) is 2. The van der Waals surface area contributed by atoms with Crippen LogP contribution in [-0.2, 0) is 10.0 Å². The van der Waals surface area contributed by atoms with E-state index in [1.165, 1.54) is 39.9 Å². The molecule has 0 aliphatic carbocycles. The van der Waals surface area contributed by atoms with Crippen molar-refractivity contribution in [2.24, 2.45) is 0 Å². The first-order valence-electron chi connectivity index (χ1n) is 9.90. The zero-order valence-corrected chi connectivity index (χ0v) is 19.1. The summed E-state index contributed by atoms with van der Waals surface area (Å²) in [5, 5.41) is 4.97. The number of hydrogen-bond donors (Lipinski definition) is 1. The van der Waals surface area contributed by atoms with Gasteiger partial charge in [0.05, 0.1) is 10.6 Å². The molecule has 1 amide bonds. The molecule has 4 aromatic rings. The topological polar surface area (TPSA) is 92.5 Å². The highest BCUT2D eigenvalue weighted by Gasteiger charge is 2.23. The molecule has 4 rings (SSSR count). The number of anilines is 2. The van der Waals surface area contributed by atoms with Crippen molar-refractivity contribution in [1.29, 1.82) is 0 Å². The molecule has 2 aromatic heterocycles. The predicted molar refractivity (Wildman–Crippen MR) is 126 cm³/mol. The van der Waals surface area contributed by atoms with Gasteiger partial charge in [0.15, 0.2) is 10.9 Å². The Morgan fingerprint density at radius 2 is 1.78 bits per heavy atom. The van der Waals surface area contributed by atoms with Crippen molar-refractivity contribution in [2.45, 2.75) is 18.7 Å². The van der Waals surface area contributed by atoms with Crippen molar-refractivity contribution in [2.75, 3.05) is 16.2 Å². The fourth-order valence-corrected chi connectivity index (χ4v) is 5.35. The summed E-state index contributed by atoms with van der Waals surface area (Å²) in [6.07, 6.45) is 0. The SMILES string of the molecule is CCN(c1ccccc1)S(=O)(=O)c1ccc(C(=O)Nc2nc(-c3ccc(C)o3)cs2)cc1. The van der Waals surface area contributed by atoms with Crippen LogP contribution in [0.3, 0.4) is 0 Å². The van der Waals surface area contributed by atoms with Crippen LogP contribution in [0, 0.1) is 6.92 Å². The minimum atomic E-state index is -3.75. The third kappa shape index (κ3) is 4.44. The average Bonchev–Trinajstić information content (AvgIpc) is 3.44. The first-order valence-corrected chi connectivity index (χ1v) is 12.2. The number of furan rings is 1. The van der Waals surface area contributed by atoms with Gasteiger partial charge in [-0.25, -0.2) is 13.4 Å². The van der Waals surface area contributed by atoms with Gasteiger partial charge in [0.2, 0.25) is 0 Å². The lowest BCUT2D eigenvalue weighted by Crippen LogP contribution is -2.30. The quantitative estimate of drug-likeness (QED) is 0.404. The van der Waals surface area contributed by atoms with E-state index in [1.807, 2.05) is 25.1 Å². The highest BCUT2D eigenvalue weighted by Crippen LogP contribution is 2.27. The Bertz CT molecular complexity index is 1330. The van der Waals surface area contributed by atoms with E-state index in [4.69, 9.17) is 4.42 Å². The molecule has 164 valence electrons. The maximum absolute atomic E-state index is 13.1. The first-order chi connectivity index (χ1) is 15.4. The van der Waals surface area contributed by atoms with Gasteiger partial charge in [-0.1, -0.05) is 18.2 Å². The molecule has 7 nitrogen and oxygen atoms in total. The number of carbonyl (C=O) groups is 1. The molecule has 0 aliphatic heterocycles. The number of benzene rings is 2. The lowest BCUT2D eigenvalue weighted by molar-refractivity contribution is 0.102. The standard InChI is InChI=1S/C23H21N3O4S2/c1-3-26(18-7-5-4-6-8-18)32(28,29)19-12-10-17(11-13-19)22(27)25-23-24-20(15-31-23)21-14-9-16(2)30-21/h4-15H,3H2,1-2H3,(H,24,25,27). The molecule has 0 spiro atoms. The number of carbonyl (C=O) groups excluding carboxylic acids is 1. The third-order valence-corrected chi connectivity index (χ3v) is 7.43. The van der Waals surface area contributed by atoms with Crippen LogP contribution in [0.1, 0.15) is 23.0 Å². The monoisotopic (exact) mass is 467 g/mol. The number of nitrogens with one attached hydrogen (secondary N) is 1. The Morgan fingerprint density at radius 1 is 1.06 bits per heavy atom. The van der Waals surface area contributed by atoms with Crippen LogP contribution < -0.4 is 9.62 Å². The maximum atomic E-state index is 13.1. The predicted octanol–water partition coefficient (Wildman–Crippen LogP) is 5.18. The van der Waals surface area contributed by atoms with E-state index in [0.29, 0.717) is 27.8 Å². The van der Waals surface area contributed by atoms with Crippen LogP contribution in [0.2, 0.25) is 0 Å². The molecule has 0 fully saturated rings. The molecular formula is C23H21N3O4S2. The molecule has 0 aliphatic rings. The minimum Gasteiger partial charge on any atom is -0.460 e. The van der Waals surface area contributed by atoms with Gasteiger partial charge in [-0.15, -0.1) is 11.3 Å². The van der Waals surface area contributed by atoms with Gasteiger partial charge in [0, 0.05) is 17.5 Å². The van der Waals surface area contributed by atoms with E-state index in [9.17, 15) is 13.2 Å². The fourth-order valence-electron chi connectivity index (χ4n) is 3.18. The molecular weight excluding hydrogens is 446 g/mol. The van der Waals surface area contributed by atoms with Gasteiger partial charge >= 0.3 is 0 Å². The van der Waals surface area contributed by atoms with Crippen molar-refractivity contribution < 1.29 is 17.6 Å². The Hall–Kier alpha value is -3.43. The van der Waals surface area contributed by atoms with E-state index in [2.05, 4.69) is 10.3 Å². The van der Waals surface area contributed by atoms with Gasteiger partial charge in [-0.3, -0.25) is 14.4 Å². The van der Waals surface area contributed by atoms with Crippen LogP contribution in [0.4, 0.5) is 10.8 Å². The van der Waals surface area contributed by atoms with Gasteiger partial charge < -0.3 is 4.42 Å². The number of aromatic nitrogens is 1. The second kappa shape index (κ2) is 8.97. The molecule has 32 heavy (non-hydrogen) atoms. The highest BCUT2D eigenvalue weighted by molar-refractivity contribution is 7.92. The Morgan fingerprint density at radius 3 is 2.41 bits per heavy atom. The summed E-state index contributed by atoms with van der Waals surface area (Å²) in [4.78, 5) is 17.1. The van der Waals surface area contributed by atoms with Crippen LogP contribution in [0.15, 0.2) is 81.4 Å². The van der Waals surface area contributed by atoms with Crippen LogP contribution in [0.5, 0.6) is 0 Å². The van der Waals surface area contributed by atoms with Crippen molar-refractivity contribution in [1.82, 2.24) is 4.98 Å². The van der Waals surface area contributed by atoms with E-state index in [0.717, 1.165) is 5.76 Å². The van der Waals surface area contributed by atoms with E-state index >= 15 is 0 Å². The van der Waals surface area contributed by atoms with Gasteiger partial charge in [-0.2, -0.15) is 0 Å². The zero-order valence-electron chi connectivity index (χ0n) is 17.5. The number of thiazole rings is 1. The summed E-state index contributed by atoms with van der Waals surface area (Å²) in [5.41, 5.74) is 1.56. The smallest absolute Gasteiger partial charge is 0.264 e. The van der Waals surface area contributed by atoms with Crippen molar-refractivity contribution in [3.63, 3.8) is 0 Å². The second-order valence-electron chi connectivity index (χ2n) is 6.93. The number of rotatable bonds is 7. The van der Waals surface area contributed by atoms with E-state index in [1.54, 1.807) is 36.6 Å². The zero-order chi connectivity index (χ0) is 22.7. The van der Waals surface area contributed by atoms with Crippen LogP contribution in [-0.4, -0.2) is 25.9 Å². The van der Waals surface area contributed by atoms with Crippen molar-refractivity contribution in [3.05, 3.63) is 83.4 Å². The fraction of sp³-hybridized carbons (Fsp3) is 0.130. The number of hydrogen-bond acceptors (Lipinski definition) is 6. The molecule has 0 unspecified atom stereocenters. The Kier molecular flexibility index (Phi) is 6.11. The van der Waals surface area contributed by atoms with Crippen molar-refractivity contribution >= 4 is 38.1 Å². The molecule has 0 saturated carbocycles. The highest BCUT2D eigenvalue weighted by atomic mass is 32.2. The third-order valence-electron chi connectivity index (χ3n) is 4.75. The lowest BCUT2D eigenvalue weighted by atomic mass is 10.2. The molecule has 9 heteroatoms. The molecule has 2 aromatic carbocycles. The van der Waals surface area contributed by atoms with E-state index in [-0.39, 0.29) is 17.3 Å². The molecule has 0 atom stereocenters. The van der Waals surface area contributed by atoms with Gasteiger partial charge in [0.25, 0.3) is 15.9 Å². The van der Waals surface area contributed by atoms with Gasteiger partial charge in [-0.05, 0) is 62.4 Å². The molecule has 1 N–H and O–H groups in total. The first kappa shape index (κ1) is 21.8. The summed E-state index contributed by atoms with van der Waals surface area (Å²) < 4.78 is 33.0. The lowest BCUT2D eigenvalue weighted by Gasteiger charge is -2.22. The minimum absolute atomic E-state index is 0.115. The summed E-state index contributed by atoms with van der Waals surface area (Å²) >= 11 is 1.28. The molecule has 0 bridgehead atoms. The van der Waals surface area contributed by atoms with E-state index < -0.39 is 10.0 Å². The summed E-state index contributed by atoms with van der Waals surface area (Å²) in [6.45, 7) is 3.91. The van der Waals surface area contributed by atoms with Gasteiger partial charge in [0.1, 0.15) is 11.5 Å². The number of amides is 1. The number of para-hydroxylation sites is 1. The largest absolute Gasteiger partial charge is 0.460 e. The second-order valence-corrected chi connectivity index (χ2v) is 9.65. The summed E-state index contributed by atoms with van der Waals surface area (Å²) in [5.74, 6) is 1.04. The maximum Gasteiger partial charge on any atom is 0.264 e. The molecule has 0 radical (unpaired) electrons. The van der Waals surface area contributed by atoms with Crippen LogP contribution >= 0.6 is 11.3 Å². The Balaban J connectivity index is 1.49. The number of aryl methyl sites for hydroxylation is 1. The normalized spacial score (nSPS) is 11.3. The molecule has 0 saturated heterocycles. The average molecular weight is 468 g/mol. The summed E-state index contributed by atoms with van der Waals surface area (Å²) in [7, 11) is -3.75. The summed E-state index contributed by atoms with van der Waals surface area (Å²) in [6, 6.07) is 18.4. The van der Waals surface area contributed by atoms with Crippen LogP contribution in [0.25, 0.3) is 11.5 Å². The number of sulfonamides is 1. The Labute approximate surface area is 190 Å². The molecule has 2 heterocycles.